The van der Waals surface area contributed by atoms with Crippen LogP contribution in [0.5, 0.6) is 5.75 Å². The van der Waals surface area contributed by atoms with Gasteiger partial charge < -0.3 is 5.11 Å². The van der Waals surface area contributed by atoms with Crippen molar-refractivity contribution in [2.75, 3.05) is 13.1 Å². The van der Waals surface area contributed by atoms with Gasteiger partial charge in [0.1, 0.15) is 17.0 Å². The summed E-state index contributed by atoms with van der Waals surface area (Å²) in [5, 5.41) is 31.5. The van der Waals surface area contributed by atoms with Crippen LogP contribution in [0.2, 0.25) is 0 Å². The molecule has 1 saturated heterocycles. The third-order valence-electron chi connectivity index (χ3n) is 5.85. The minimum Gasteiger partial charge on any atom is -0.505 e. The van der Waals surface area contributed by atoms with Crippen LogP contribution in [0, 0.1) is 10.1 Å². The van der Waals surface area contributed by atoms with Gasteiger partial charge in [0, 0.05) is 41.4 Å². The lowest BCUT2D eigenvalue weighted by Crippen LogP contribution is -2.18. The van der Waals surface area contributed by atoms with Crippen molar-refractivity contribution < 1.29 is 10.0 Å². The van der Waals surface area contributed by atoms with Crippen LogP contribution in [0.25, 0.3) is 22.2 Å². The standard InChI is InChI=1S/C23H22N6O3/c30-23-18(14-27-10-1-2-11-27)12-17(20-4-3-9-24-22(20)23)15-28-25-13-21(26-28)16-5-7-19(8-6-16)29(31)32/h3-9,12-13,30H,1-2,10-11,14-15H2. The van der Waals surface area contributed by atoms with E-state index in [0.717, 1.165) is 35.2 Å². The van der Waals surface area contributed by atoms with E-state index in [4.69, 9.17) is 0 Å². The molecule has 32 heavy (non-hydrogen) atoms. The third kappa shape index (κ3) is 3.90. The third-order valence-corrected chi connectivity index (χ3v) is 5.85. The number of fused-ring (bicyclic) bond motifs is 1. The van der Waals surface area contributed by atoms with E-state index < -0.39 is 4.92 Å². The molecule has 0 saturated carbocycles. The molecule has 0 bridgehead atoms. The molecule has 162 valence electrons. The highest BCUT2D eigenvalue weighted by Gasteiger charge is 2.18. The van der Waals surface area contributed by atoms with Crippen molar-refractivity contribution in [2.45, 2.75) is 25.9 Å². The maximum atomic E-state index is 10.9. The largest absolute Gasteiger partial charge is 0.505 e. The molecule has 9 heteroatoms. The van der Waals surface area contributed by atoms with Crippen molar-refractivity contribution in [2.24, 2.45) is 0 Å². The van der Waals surface area contributed by atoms with Gasteiger partial charge >= 0.3 is 0 Å². The first kappa shape index (κ1) is 20.1. The molecule has 3 heterocycles. The fraction of sp³-hybridized carbons (Fsp3) is 0.261. The maximum Gasteiger partial charge on any atom is 0.269 e. The molecule has 2 aromatic carbocycles. The van der Waals surface area contributed by atoms with E-state index in [1.165, 1.54) is 25.0 Å². The quantitative estimate of drug-likeness (QED) is 0.366. The van der Waals surface area contributed by atoms with E-state index in [2.05, 4.69) is 20.1 Å². The topological polar surface area (TPSA) is 110 Å². The van der Waals surface area contributed by atoms with Crippen molar-refractivity contribution >= 4 is 16.6 Å². The Bertz CT molecular complexity index is 1280. The lowest BCUT2D eigenvalue weighted by Gasteiger charge is -2.18. The molecule has 0 spiro atoms. The Balaban J connectivity index is 1.46. The number of likely N-dealkylation sites (tertiary alicyclic amines) is 1. The average molecular weight is 430 g/mol. The van der Waals surface area contributed by atoms with Gasteiger partial charge in [-0.15, -0.1) is 0 Å². The second kappa shape index (κ2) is 8.35. The SMILES string of the molecule is O=[N+]([O-])c1ccc(-c2cnn(Cc3cc(CN4CCCC4)c(O)c4ncccc34)n2)cc1. The zero-order chi connectivity index (χ0) is 22.1. The van der Waals surface area contributed by atoms with Gasteiger partial charge in [-0.2, -0.15) is 15.0 Å². The highest BCUT2D eigenvalue weighted by Crippen LogP contribution is 2.32. The van der Waals surface area contributed by atoms with E-state index in [-0.39, 0.29) is 11.4 Å². The Labute approximate surface area is 184 Å². The van der Waals surface area contributed by atoms with Crippen LogP contribution >= 0.6 is 0 Å². The second-order valence-corrected chi connectivity index (χ2v) is 7.99. The molecule has 0 unspecified atom stereocenters. The van der Waals surface area contributed by atoms with Gasteiger partial charge in [0.2, 0.25) is 0 Å². The van der Waals surface area contributed by atoms with Gasteiger partial charge in [0.25, 0.3) is 5.69 Å². The van der Waals surface area contributed by atoms with E-state index in [1.54, 1.807) is 29.3 Å². The highest BCUT2D eigenvalue weighted by atomic mass is 16.6. The molecule has 5 rings (SSSR count). The Morgan fingerprint density at radius 3 is 2.59 bits per heavy atom. The van der Waals surface area contributed by atoms with Gasteiger partial charge in [-0.1, -0.05) is 6.07 Å². The van der Waals surface area contributed by atoms with Crippen molar-refractivity contribution in [1.82, 2.24) is 24.9 Å². The first-order valence-electron chi connectivity index (χ1n) is 10.5. The predicted octanol–water partition coefficient (Wildman–Crippen LogP) is 3.75. The molecule has 2 aromatic heterocycles. The molecule has 0 amide bonds. The van der Waals surface area contributed by atoms with Gasteiger partial charge in [-0.3, -0.25) is 20.0 Å². The number of nitro benzene ring substituents is 1. The first-order valence-corrected chi connectivity index (χ1v) is 10.5. The molecule has 1 N–H and O–H groups in total. The average Bonchev–Trinajstić information content (AvgIpc) is 3.49. The summed E-state index contributed by atoms with van der Waals surface area (Å²) in [5.74, 6) is 0.233. The summed E-state index contributed by atoms with van der Waals surface area (Å²) in [5.41, 5.74) is 3.85. The monoisotopic (exact) mass is 430 g/mol. The molecule has 0 radical (unpaired) electrons. The summed E-state index contributed by atoms with van der Waals surface area (Å²) in [4.78, 5) is 18.8. The Morgan fingerprint density at radius 1 is 1.06 bits per heavy atom. The van der Waals surface area contributed by atoms with E-state index in [9.17, 15) is 15.2 Å². The number of aromatic hydroxyl groups is 1. The number of aromatic nitrogens is 4. The molecule has 1 aliphatic heterocycles. The molecule has 0 aliphatic carbocycles. The van der Waals surface area contributed by atoms with Crippen molar-refractivity contribution in [3.8, 4) is 17.0 Å². The van der Waals surface area contributed by atoms with Crippen molar-refractivity contribution in [1.29, 1.82) is 0 Å². The lowest BCUT2D eigenvalue weighted by molar-refractivity contribution is -0.384. The summed E-state index contributed by atoms with van der Waals surface area (Å²) < 4.78 is 0. The summed E-state index contributed by atoms with van der Waals surface area (Å²) in [6.07, 6.45) is 5.70. The number of rotatable bonds is 6. The van der Waals surface area contributed by atoms with Gasteiger partial charge in [-0.25, -0.2) is 0 Å². The van der Waals surface area contributed by atoms with Gasteiger partial charge in [0.05, 0.1) is 17.7 Å². The Hall–Kier alpha value is -3.85. The number of phenolic OH excluding ortho intramolecular Hbond substituents is 1. The van der Waals surface area contributed by atoms with E-state index in [0.29, 0.717) is 24.3 Å². The minimum absolute atomic E-state index is 0.0368. The number of phenols is 1. The molecule has 1 fully saturated rings. The van der Waals surface area contributed by atoms with Crippen LogP contribution in [0.3, 0.4) is 0 Å². The van der Waals surface area contributed by atoms with E-state index >= 15 is 0 Å². The first-order chi connectivity index (χ1) is 15.6. The number of hydrogen-bond donors (Lipinski definition) is 1. The highest BCUT2D eigenvalue weighted by molar-refractivity contribution is 5.88. The van der Waals surface area contributed by atoms with Gasteiger partial charge in [-0.05, 0) is 55.8 Å². The number of non-ortho nitro benzene ring substituents is 1. The maximum absolute atomic E-state index is 10.9. The number of nitro groups is 1. The number of hydrogen-bond acceptors (Lipinski definition) is 7. The fourth-order valence-corrected chi connectivity index (χ4v) is 4.21. The minimum atomic E-state index is -0.426. The summed E-state index contributed by atoms with van der Waals surface area (Å²) in [6.45, 7) is 3.18. The number of benzene rings is 2. The second-order valence-electron chi connectivity index (χ2n) is 7.99. The van der Waals surface area contributed by atoms with Crippen LogP contribution in [0.4, 0.5) is 5.69 Å². The summed E-state index contributed by atoms with van der Waals surface area (Å²) in [6, 6.07) is 12.1. The van der Waals surface area contributed by atoms with Crippen molar-refractivity contribution in [3.05, 3.63) is 76.1 Å². The molecule has 1 aliphatic rings. The smallest absolute Gasteiger partial charge is 0.269 e. The van der Waals surface area contributed by atoms with Crippen molar-refractivity contribution in [3.63, 3.8) is 0 Å². The summed E-state index contributed by atoms with van der Waals surface area (Å²) >= 11 is 0. The van der Waals surface area contributed by atoms with Gasteiger partial charge in [0.15, 0.2) is 0 Å². The summed E-state index contributed by atoms with van der Waals surface area (Å²) in [7, 11) is 0. The van der Waals surface area contributed by atoms with E-state index in [1.807, 2.05) is 18.2 Å². The van der Waals surface area contributed by atoms with Crippen LogP contribution in [-0.4, -0.2) is 48.0 Å². The zero-order valence-electron chi connectivity index (χ0n) is 17.4. The molecule has 0 atom stereocenters. The van der Waals surface area contributed by atoms with Crippen LogP contribution in [-0.2, 0) is 13.1 Å². The lowest BCUT2D eigenvalue weighted by atomic mass is 10.0. The van der Waals surface area contributed by atoms with Crippen LogP contribution in [0.1, 0.15) is 24.0 Å². The zero-order valence-corrected chi connectivity index (χ0v) is 17.4. The number of nitrogens with zero attached hydrogens (tertiary/aromatic N) is 6. The molecular weight excluding hydrogens is 408 g/mol. The predicted molar refractivity (Wildman–Crippen MR) is 119 cm³/mol. The molecule has 9 nitrogen and oxygen atoms in total. The molecule has 4 aromatic rings. The molecular formula is C23H22N6O3. The Kier molecular flexibility index (Phi) is 5.24. The Morgan fingerprint density at radius 2 is 1.84 bits per heavy atom. The van der Waals surface area contributed by atoms with Crippen LogP contribution < -0.4 is 0 Å². The number of pyridine rings is 1. The normalized spacial score (nSPS) is 14.2. The fourth-order valence-electron chi connectivity index (χ4n) is 4.21. The van der Waals surface area contributed by atoms with Crippen LogP contribution in [0.15, 0.2) is 54.9 Å².